The van der Waals surface area contributed by atoms with Crippen molar-refractivity contribution in [3.63, 3.8) is 0 Å². The number of hydrogen-bond donors (Lipinski definition) is 1. The maximum atomic E-state index is 5.87. The third-order valence-electron chi connectivity index (χ3n) is 3.21. The fourth-order valence-corrected chi connectivity index (χ4v) is 3.03. The maximum absolute atomic E-state index is 5.87. The van der Waals surface area contributed by atoms with Gasteiger partial charge in [-0.25, -0.2) is 0 Å². The van der Waals surface area contributed by atoms with Gasteiger partial charge in [-0.1, -0.05) is 34.6 Å². The minimum absolute atomic E-state index is 0.0411. The normalized spacial score (nSPS) is 12.6. The molecule has 0 saturated heterocycles. The zero-order valence-corrected chi connectivity index (χ0v) is 14.5. The van der Waals surface area contributed by atoms with Crippen LogP contribution in [0.5, 0.6) is 5.75 Å². The Hall–Kier alpha value is -0.670. The van der Waals surface area contributed by atoms with Crippen molar-refractivity contribution < 1.29 is 9.47 Å². The van der Waals surface area contributed by atoms with Crippen LogP contribution >= 0.6 is 12.6 Å². The second-order valence-electron chi connectivity index (χ2n) is 7.14. The van der Waals surface area contributed by atoms with Gasteiger partial charge in [0.15, 0.2) is 0 Å². The number of hydrogen-bond acceptors (Lipinski definition) is 3. The molecule has 1 rings (SSSR count). The lowest BCUT2D eigenvalue weighted by molar-refractivity contribution is 0.144. The van der Waals surface area contributed by atoms with Crippen LogP contribution in [0.1, 0.15) is 46.6 Å². The fourth-order valence-electron chi connectivity index (χ4n) is 2.83. The number of thiol groups is 1. The molecule has 2 nitrogen and oxygen atoms in total. The lowest BCUT2D eigenvalue weighted by Crippen LogP contribution is -2.25. The van der Waals surface area contributed by atoms with E-state index < -0.39 is 0 Å². The molecule has 3 heteroatoms. The Labute approximate surface area is 129 Å². The van der Waals surface area contributed by atoms with Gasteiger partial charge in [-0.15, -0.1) is 12.6 Å². The molecular formula is C17H28O2S. The maximum Gasteiger partial charge on any atom is 0.123 e. The van der Waals surface area contributed by atoms with Crippen molar-refractivity contribution in [1.82, 2.24) is 0 Å². The Morgan fingerprint density at radius 1 is 1.05 bits per heavy atom. The van der Waals surface area contributed by atoms with Gasteiger partial charge in [0.25, 0.3) is 0 Å². The molecule has 0 aliphatic heterocycles. The molecule has 1 aromatic rings. The van der Waals surface area contributed by atoms with E-state index in [4.69, 9.17) is 9.47 Å². The molecule has 0 amide bonds. The molecule has 0 fully saturated rings. The third kappa shape index (κ3) is 5.37. The summed E-state index contributed by atoms with van der Waals surface area (Å²) >= 11 is 4.47. The van der Waals surface area contributed by atoms with E-state index in [0.717, 1.165) is 17.1 Å². The zero-order valence-electron chi connectivity index (χ0n) is 13.6. The lowest BCUT2D eigenvalue weighted by atomic mass is 9.72. The van der Waals surface area contributed by atoms with Crippen LogP contribution in [0.4, 0.5) is 0 Å². The summed E-state index contributed by atoms with van der Waals surface area (Å²) in [6, 6.07) is 6.11. The van der Waals surface area contributed by atoms with E-state index in [0.29, 0.717) is 13.2 Å². The van der Waals surface area contributed by atoms with Crippen LogP contribution < -0.4 is 4.74 Å². The SMILES string of the molecule is COCCOc1ccc(S)cc1C(C)(C)CC(C)(C)C. The summed E-state index contributed by atoms with van der Waals surface area (Å²) < 4.78 is 10.9. The number of methoxy groups -OCH3 is 1. The van der Waals surface area contributed by atoms with Crippen LogP contribution in [-0.4, -0.2) is 20.3 Å². The van der Waals surface area contributed by atoms with E-state index in [2.05, 4.69) is 53.3 Å². The summed E-state index contributed by atoms with van der Waals surface area (Å²) in [6.07, 6.45) is 1.08. The monoisotopic (exact) mass is 296 g/mol. The highest BCUT2D eigenvalue weighted by Gasteiger charge is 2.30. The Morgan fingerprint density at radius 2 is 1.70 bits per heavy atom. The molecule has 0 bridgehead atoms. The number of benzene rings is 1. The Bertz CT molecular complexity index is 433. The minimum Gasteiger partial charge on any atom is -0.491 e. The summed E-state index contributed by atoms with van der Waals surface area (Å²) in [5, 5.41) is 0. The molecule has 0 aliphatic carbocycles. The molecule has 0 spiro atoms. The van der Waals surface area contributed by atoms with Gasteiger partial charge in [-0.05, 0) is 35.4 Å². The van der Waals surface area contributed by atoms with Crippen molar-refractivity contribution in [2.24, 2.45) is 5.41 Å². The molecule has 0 radical (unpaired) electrons. The first-order valence-corrected chi connectivity index (χ1v) is 7.56. The molecule has 0 saturated carbocycles. The molecule has 0 N–H and O–H groups in total. The van der Waals surface area contributed by atoms with Crippen molar-refractivity contribution in [2.75, 3.05) is 20.3 Å². The third-order valence-corrected chi connectivity index (χ3v) is 3.49. The first kappa shape index (κ1) is 17.4. The summed E-state index contributed by atoms with van der Waals surface area (Å²) in [4.78, 5) is 0.973. The highest BCUT2D eigenvalue weighted by molar-refractivity contribution is 7.80. The fraction of sp³-hybridized carbons (Fsp3) is 0.647. The topological polar surface area (TPSA) is 18.5 Å². The smallest absolute Gasteiger partial charge is 0.123 e. The average Bonchev–Trinajstić information content (AvgIpc) is 2.28. The van der Waals surface area contributed by atoms with Crippen molar-refractivity contribution in [3.05, 3.63) is 23.8 Å². The summed E-state index contributed by atoms with van der Waals surface area (Å²) in [5.41, 5.74) is 1.52. The van der Waals surface area contributed by atoms with Gasteiger partial charge in [0.1, 0.15) is 12.4 Å². The van der Waals surface area contributed by atoms with Crippen LogP contribution in [0.3, 0.4) is 0 Å². The van der Waals surface area contributed by atoms with E-state index in [1.54, 1.807) is 7.11 Å². The van der Waals surface area contributed by atoms with Crippen LogP contribution in [0.15, 0.2) is 23.1 Å². The van der Waals surface area contributed by atoms with E-state index in [9.17, 15) is 0 Å². The van der Waals surface area contributed by atoms with E-state index in [-0.39, 0.29) is 10.8 Å². The molecular weight excluding hydrogens is 268 g/mol. The van der Waals surface area contributed by atoms with Gasteiger partial charge in [0.2, 0.25) is 0 Å². The van der Waals surface area contributed by atoms with E-state index in [1.165, 1.54) is 5.56 Å². The van der Waals surface area contributed by atoms with Crippen LogP contribution in [0.2, 0.25) is 0 Å². The molecule has 1 aromatic carbocycles. The van der Waals surface area contributed by atoms with Crippen LogP contribution in [0, 0.1) is 5.41 Å². The summed E-state index contributed by atoms with van der Waals surface area (Å²) in [7, 11) is 1.69. The van der Waals surface area contributed by atoms with Gasteiger partial charge in [0.05, 0.1) is 6.61 Å². The van der Waals surface area contributed by atoms with Gasteiger partial charge >= 0.3 is 0 Å². The molecule has 0 unspecified atom stereocenters. The number of ether oxygens (including phenoxy) is 2. The molecule has 0 atom stereocenters. The minimum atomic E-state index is 0.0411. The van der Waals surface area contributed by atoms with Crippen LogP contribution in [0.25, 0.3) is 0 Å². The average molecular weight is 296 g/mol. The van der Waals surface area contributed by atoms with E-state index >= 15 is 0 Å². The van der Waals surface area contributed by atoms with Crippen molar-refractivity contribution >= 4 is 12.6 Å². The predicted molar refractivity (Wildman–Crippen MR) is 88.2 cm³/mol. The molecule has 0 heterocycles. The van der Waals surface area contributed by atoms with Gasteiger partial charge < -0.3 is 9.47 Å². The molecule has 114 valence electrons. The standard InChI is InChI=1S/C17H28O2S/c1-16(2,3)12-17(4,5)14-11-13(20)7-8-15(14)19-10-9-18-6/h7-8,11,20H,9-10,12H2,1-6H3. The highest BCUT2D eigenvalue weighted by atomic mass is 32.1. The molecule has 20 heavy (non-hydrogen) atoms. The van der Waals surface area contributed by atoms with E-state index in [1.807, 2.05) is 12.1 Å². The highest BCUT2D eigenvalue weighted by Crippen LogP contribution is 2.41. The van der Waals surface area contributed by atoms with Gasteiger partial charge in [0, 0.05) is 17.6 Å². The Kier molecular flexibility index (Phi) is 5.96. The second kappa shape index (κ2) is 6.86. The van der Waals surface area contributed by atoms with Crippen LogP contribution in [-0.2, 0) is 10.2 Å². The van der Waals surface area contributed by atoms with Crippen molar-refractivity contribution in [3.8, 4) is 5.75 Å². The zero-order chi connectivity index (χ0) is 15.4. The number of rotatable bonds is 6. The quantitative estimate of drug-likeness (QED) is 0.605. The summed E-state index contributed by atoms with van der Waals surface area (Å²) in [6.45, 7) is 12.5. The molecule has 0 aliphatic rings. The Balaban J connectivity index is 3.04. The molecule has 0 aromatic heterocycles. The van der Waals surface area contributed by atoms with Gasteiger partial charge in [-0.3, -0.25) is 0 Å². The largest absolute Gasteiger partial charge is 0.491 e. The Morgan fingerprint density at radius 3 is 2.25 bits per heavy atom. The second-order valence-corrected chi connectivity index (χ2v) is 7.66. The van der Waals surface area contributed by atoms with Crippen molar-refractivity contribution in [1.29, 1.82) is 0 Å². The predicted octanol–water partition coefficient (Wildman–Crippen LogP) is 4.71. The first-order valence-electron chi connectivity index (χ1n) is 7.11. The first-order chi connectivity index (χ1) is 9.15. The summed E-state index contributed by atoms with van der Waals surface area (Å²) in [5.74, 6) is 0.939. The van der Waals surface area contributed by atoms with Crippen molar-refractivity contribution in [2.45, 2.75) is 51.3 Å². The lowest BCUT2D eigenvalue weighted by Gasteiger charge is -2.34. The van der Waals surface area contributed by atoms with Gasteiger partial charge in [-0.2, -0.15) is 0 Å².